The summed E-state index contributed by atoms with van der Waals surface area (Å²) in [4.78, 5) is 0.215. The first-order valence-electron chi connectivity index (χ1n) is 6.67. The fourth-order valence-electron chi connectivity index (χ4n) is 2.24. The molecular formula is C16H18ClNO3S. The Balaban J connectivity index is 2.50. The predicted molar refractivity (Wildman–Crippen MR) is 89.5 cm³/mol. The van der Waals surface area contributed by atoms with Gasteiger partial charge in [0.15, 0.2) is 0 Å². The molecule has 0 atom stereocenters. The quantitative estimate of drug-likeness (QED) is 0.851. The second-order valence-corrected chi connectivity index (χ2v) is 7.36. The van der Waals surface area contributed by atoms with Crippen LogP contribution in [0.15, 0.2) is 41.3 Å². The Bertz CT molecular complexity index is 803. The first kappa shape index (κ1) is 16.6. The topological polar surface area (TPSA) is 46.6 Å². The van der Waals surface area contributed by atoms with Gasteiger partial charge in [-0.2, -0.15) is 0 Å². The first-order chi connectivity index (χ1) is 10.3. The van der Waals surface area contributed by atoms with Crippen molar-refractivity contribution < 1.29 is 13.2 Å². The molecule has 0 N–H and O–H groups in total. The molecule has 0 aliphatic rings. The largest absolute Gasteiger partial charge is 0.496 e. The molecule has 0 bridgehead atoms. The van der Waals surface area contributed by atoms with Crippen LogP contribution in [0.4, 0.5) is 5.69 Å². The molecule has 0 aromatic heterocycles. The molecule has 0 spiro atoms. The van der Waals surface area contributed by atoms with Gasteiger partial charge in [-0.15, -0.1) is 0 Å². The molecule has 0 heterocycles. The molecule has 0 unspecified atom stereocenters. The van der Waals surface area contributed by atoms with Gasteiger partial charge in [0.2, 0.25) is 0 Å². The number of ether oxygens (including phenoxy) is 1. The van der Waals surface area contributed by atoms with E-state index in [1.807, 2.05) is 6.92 Å². The van der Waals surface area contributed by atoms with Crippen molar-refractivity contribution in [3.63, 3.8) is 0 Å². The van der Waals surface area contributed by atoms with Crippen LogP contribution in [-0.4, -0.2) is 22.6 Å². The Labute approximate surface area is 136 Å². The molecule has 118 valence electrons. The summed E-state index contributed by atoms with van der Waals surface area (Å²) in [6.07, 6.45) is 0. The second-order valence-electron chi connectivity index (χ2n) is 4.99. The Hall–Kier alpha value is -1.72. The van der Waals surface area contributed by atoms with Crippen LogP contribution >= 0.6 is 11.6 Å². The maximum atomic E-state index is 12.8. The van der Waals surface area contributed by atoms with Gasteiger partial charge in [-0.25, -0.2) is 8.42 Å². The average molecular weight is 340 g/mol. The molecule has 0 saturated heterocycles. The number of anilines is 1. The molecule has 2 aromatic rings. The molecule has 22 heavy (non-hydrogen) atoms. The van der Waals surface area contributed by atoms with Crippen LogP contribution in [0.2, 0.25) is 5.02 Å². The van der Waals surface area contributed by atoms with E-state index in [9.17, 15) is 8.42 Å². The maximum absolute atomic E-state index is 12.8. The molecule has 2 aromatic carbocycles. The predicted octanol–water partition coefficient (Wildman–Crippen LogP) is 3.79. The number of hydrogen-bond acceptors (Lipinski definition) is 3. The number of hydrogen-bond donors (Lipinski definition) is 0. The number of benzene rings is 2. The lowest BCUT2D eigenvalue weighted by Crippen LogP contribution is -2.27. The molecule has 0 aliphatic carbocycles. The summed E-state index contributed by atoms with van der Waals surface area (Å²) in [5, 5.41) is 0.533. The molecule has 6 heteroatoms. The van der Waals surface area contributed by atoms with Crippen LogP contribution in [0.1, 0.15) is 11.1 Å². The third kappa shape index (κ3) is 2.91. The van der Waals surface area contributed by atoms with E-state index in [1.54, 1.807) is 44.4 Å². The van der Waals surface area contributed by atoms with E-state index in [4.69, 9.17) is 16.3 Å². The highest BCUT2D eigenvalue weighted by atomic mass is 35.5. The molecule has 0 saturated carbocycles. The third-order valence-electron chi connectivity index (χ3n) is 3.60. The molecule has 4 nitrogen and oxygen atoms in total. The van der Waals surface area contributed by atoms with Gasteiger partial charge in [-0.1, -0.05) is 17.7 Å². The van der Waals surface area contributed by atoms with Crippen molar-refractivity contribution in [3.8, 4) is 5.75 Å². The standard InChI is InChI=1S/C16H18ClNO3S/c1-11-10-13(8-9-16(11)21-4)22(19,20)18(3)15-7-5-6-14(17)12(15)2/h5-10H,1-4H3. The number of nitrogens with zero attached hydrogens (tertiary/aromatic N) is 1. The highest BCUT2D eigenvalue weighted by Crippen LogP contribution is 2.30. The fraction of sp³-hybridized carbons (Fsp3) is 0.250. The van der Waals surface area contributed by atoms with E-state index >= 15 is 0 Å². The zero-order valence-corrected chi connectivity index (χ0v) is 14.5. The van der Waals surface area contributed by atoms with Crippen LogP contribution in [0, 0.1) is 13.8 Å². The summed E-state index contributed by atoms with van der Waals surface area (Å²) in [5.74, 6) is 0.653. The van der Waals surface area contributed by atoms with Gasteiger partial charge in [-0.05, 0) is 55.3 Å². The number of halogens is 1. The summed E-state index contributed by atoms with van der Waals surface area (Å²) in [5.41, 5.74) is 2.04. The van der Waals surface area contributed by atoms with Gasteiger partial charge in [0, 0.05) is 12.1 Å². The normalized spacial score (nSPS) is 11.3. The van der Waals surface area contributed by atoms with Crippen molar-refractivity contribution in [2.75, 3.05) is 18.5 Å². The molecule has 0 aliphatic heterocycles. The monoisotopic (exact) mass is 339 g/mol. The number of sulfonamides is 1. The lowest BCUT2D eigenvalue weighted by Gasteiger charge is -2.22. The van der Waals surface area contributed by atoms with Gasteiger partial charge in [0.1, 0.15) is 5.75 Å². The van der Waals surface area contributed by atoms with Gasteiger partial charge in [-0.3, -0.25) is 4.31 Å². The van der Waals surface area contributed by atoms with Crippen LogP contribution in [0.5, 0.6) is 5.75 Å². The first-order valence-corrected chi connectivity index (χ1v) is 8.49. The second kappa shape index (κ2) is 6.18. The molecule has 0 amide bonds. The molecule has 0 radical (unpaired) electrons. The van der Waals surface area contributed by atoms with Gasteiger partial charge < -0.3 is 4.74 Å². The minimum absolute atomic E-state index is 0.215. The SMILES string of the molecule is COc1ccc(S(=O)(=O)N(C)c2cccc(Cl)c2C)cc1C. The molecule has 2 rings (SSSR count). The van der Waals surface area contributed by atoms with Gasteiger partial charge >= 0.3 is 0 Å². The van der Waals surface area contributed by atoms with Crippen LogP contribution in [-0.2, 0) is 10.0 Å². The maximum Gasteiger partial charge on any atom is 0.264 e. The zero-order chi connectivity index (χ0) is 16.5. The van der Waals surface area contributed by atoms with Crippen molar-refractivity contribution in [3.05, 3.63) is 52.5 Å². The Morgan fingerprint density at radius 1 is 1.14 bits per heavy atom. The van der Waals surface area contributed by atoms with Gasteiger partial charge in [0.05, 0.1) is 17.7 Å². The molecule has 0 fully saturated rings. The summed E-state index contributed by atoms with van der Waals surface area (Å²) >= 11 is 6.08. The van der Waals surface area contributed by atoms with Crippen LogP contribution in [0.25, 0.3) is 0 Å². The summed E-state index contributed by atoms with van der Waals surface area (Å²) < 4.78 is 32.0. The van der Waals surface area contributed by atoms with Crippen molar-refractivity contribution in [2.45, 2.75) is 18.7 Å². The van der Waals surface area contributed by atoms with Gasteiger partial charge in [0.25, 0.3) is 10.0 Å². The van der Waals surface area contributed by atoms with Crippen molar-refractivity contribution in [2.24, 2.45) is 0 Å². The lowest BCUT2D eigenvalue weighted by atomic mass is 10.2. The minimum Gasteiger partial charge on any atom is -0.496 e. The molecular weight excluding hydrogens is 322 g/mol. The van der Waals surface area contributed by atoms with Crippen molar-refractivity contribution in [1.82, 2.24) is 0 Å². The zero-order valence-electron chi connectivity index (χ0n) is 12.9. The number of aryl methyl sites for hydroxylation is 1. The smallest absolute Gasteiger partial charge is 0.264 e. The van der Waals surface area contributed by atoms with Crippen LogP contribution in [0.3, 0.4) is 0 Å². The van der Waals surface area contributed by atoms with Crippen molar-refractivity contribution >= 4 is 27.3 Å². The summed E-state index contributed by atoms with van der Waals surface area (Å²) in [6.45, 7) is 3.60. The summed E-state index contributed by atoms with van der Waals surface area (Å²) in [7, 11) is -0.585. The number of methoxy groups -OCH3 is 1. The minimum atomic E-state index is -3.66. The van der Waals surface area contributed by atoms with E-state index in [2.05, 4.69) is 0 Å². The lowest BCUT2D eigenvalue weighted by molar-refractivity contribution is 0.411. The highest BCUT2D eigenvalue weighted by molar-refractivity contribution is 7.92. The van der Waals surface area contributed by atoms with Crippen molar-refractivity contribution in [1.29, 1.82) is 0 Å². The highest BCUT2D eigenvalue weighted by Gasteiger charge is 2.23. The Morgan fingerprint density at radius 2 is 1.82 bits per heavy atom. The van der Waals surface area contributed by atoms with E-state index in [0.29, 0.717) is 16.5 Å². The Kier molecular flexibility index (Phi) is 4.68. The van der Waals surface area contributed by atoms with Crippen LogP contribution < -0.4 is 9.04 Å². The fourth-order valence-corrected chi connectivity index (χ4v) is 3.74. The third-order valence-corrected chi connectivity index (χ3v) is 5.78. The average Bonchev–Trinajstić information content (AvgIpc) is 2.49. The van der Waals surface area contributed by atoms with E-state index in [-0.39, 0.29) is 4.90 Å². The number of rotatable bonds is 4. The summed E-state index contributed by atoms with van der Waals surface area (Å²) in [6, 6.07) is 9.99. The van der Waals surface area contributed by atoms with E-state index in [0.717, 1.165) is 11.1 Å². The van der Waals surface area contributed by atoms with E-state index in [1.165, 1.54) is 17.4 Å². The van der Waals surface area contributed by atoms with E-state index < -0.39 is 10.0 Å². The Morgan fingerprint density at radius 3 is 2.41 bits per heavy atom.